The quantitative estimate of drug-likeness (QED) is 0.540. The largest absolute Gasteiger partial charge is 0.462 e. The molecule has 1 unspecified atom stereocenters. The van der Waals surface area contributed by atoms with Gasteiger partial charge in [0.25, 0.3) is 5.91 Å². The Hall–Kier alpha value is -3.22. The smallest absolute Gasteiger partial charge is 0.350 e. The van der Waals surface area contributed by atoms with Crippen LogP contribution in [0, 0.1) is 0 Å². The number of quaternary nitrogens is 1. The molecule has 5 nitrogen and oxygen atoms in total. The van der Waals surface area contributed by atoms with Crippen molar-refractivity contribution in [2.75, 3.05) is 31.6 Å². The summed E-state index contributed by atoms with van der Waals surface area (Å²) < 4.78 is 5.21. The summed E-state index contributed by atoms with van der Waals surface area (Å²) in [7, 11) is 0. The second-order valence-electron chi connectivity index (χ2n) is 7.71. The van der Waals surface area contributed by atoms with E-state index in [0.717, 1.165) is 30.0 Å². The highest BCUT2D eigenvalue weighted by atomic mass is 32.1. The maximum atomic E-state index is 12.8. The Morgan fingerprint density at radius 1 is 1.03 bits per heavy atom. The topological polar surface area (TPSA) is 59.8 Å². The first-order valence-corrected chi connectivity index (χ1v) is 11.7. The number of benzene rings is 2. The van der Waals surface area contributed by atoms with Crippen molar-refractivity contribution in [3.63, 3.8) is 0 Å². The molecule has 1 aromatic heterocycles. The molecule has 0 radical (unpaired) electrons. The molecular formula is C26H27N2O3S+. The van der Waals surface area contributed by atoms with Crippen molar-refractivity contribution in [3.05, 3.63) is 83.2 Å². The van der Waals surface area contributed by atoms with Crippen LogP contribution in [0.3, 0.4) is 0 Å². The Balaban J connectivity index is 1.44. The van der Waals surface area contributed by atoms with Crippen LogP contribution in [0.1, 0.15) is 28.6 Å². The number of carbonyl (C=O) groups excluding carboxylic acids is 2. The van der Waals surface area contributed by atoms with Gasteiger partial charge in [0.1, 0.15) is 4.88 Å². The van der Waals surface area contributed by atoms with Gasteiger partial charge >= 0.3 is 5.97 Å². The van der Waals surface area contributed by atoms with Crippen molar-refractivity contribution in [1.29, 1.82) is 0 Å². The third kappa shape index (κ3) is 5.33. The number of rotatable bonds is 7. The zero-order chi connectivity index (χ0) is 22.3. The molecule has 2 N–H and O–H groups in total. The Morgan fingerprint density at radius 3 is 2.34 bits per heavy atom. The molecule has 3 aromatic rings. The monoisotopic (exact) mass is 447 g/mol. The Kier molecular flexibility index (Phi) is 7.14. The zero-order valence-corrected chi connectivity index (χ0v) is 18.9. The molecule has 1 aliphatic heterocycles. The van der Waals surface area contributed by atoms with E-state index in [1.54, 1.807) is 6.92 Å². The summed E-state index contributed by atoms with van der Waals surface area (Å²) in [6.07, 6.45) is 3.17. The molecule has 1 amide bonds. The molecule has 0 saturated heterocycles. The first-order valence-electron chi connectivity index (χ1n) is 10.9. The molecule has 0 bridgehead atoms. The van der Waals surface area contributed by atoms with Crippen LogP contribution in [0.4, 0.5) is 5.69 Å². The molecule has 1 aliphatic rings. The summed E-state index contributed by atoms with van der Waals surface area (Å²) >= 11 is 1.34. The van der Waals surface area contributed by atoms with Gasteiger partial charge in [-0.1, -0.05) is 60.7 Å². The van der Waals surface area contributed by atoms with Crippen LogP contribution in [0.25, 0.3) is 16.0 Å². The van der Waals surface area contributed by atoms with Crippen LogP contribution in [0.2, 0.25) is 0 Å². The van der Waals surface area contributed by atoms with E-state index >= 15 is 0 Å². The van der Waals surface area contributed by atoms with Crippen molar-refractivity contribution in [2.45, 2.75) is 13.3 Å². The fraction of sp³-hybridized carbons (Fsp3) is 0.231. The Morgan fingerprint density at radius 2 is 1.72 bits per heavy atom. The van der Waals surface area contributed by atoms with Gasteiger partial charge in [-0.15, -0.1) is 11.3 Å². The van der Waals surface area contributed by atoms with E-state index in [4.69, 9.17) is 4.74 Å². The molecule has 2 aromatic carbocycles. The predicted molar refractivity (Wildman–Crippen MR) is 129 cm³/mol. The molecule has 0 saturated carbocycles. The second kappa shape index (κ2) is 10.4. The summed E-state index contributed by atoms with van der Waals surface area (Å²) in [5, 5.41) is 2.96. The van der Waals surface area contributed by atoms with Crippen molar-refractivity contribution in [2.24, 2.45) is 0 Å². The van der Waals surface area contributed by atoms with Gasteiger partial charge in [0, 0.05) is 11.3 Å². The fourth-order valence-electron chi connectivity index (χ4n) is 3.86. The normalized spacial score (nSPS) is 15.7. The first-order chi connectivity index (χ1) is 15.6. The van der Waals surface area contributed by atoms with E-state index in [9.17, 15) is 9.59 Å². The van der Waals surface area contributed by atoms with Crippen molar-refractivity contribution < 1.29 is 19.2 Å². The molecule has 0 aliphatic carbocycles. The highest BCUT2D eigenvalue weighted by molar-refractivity contribution is 7.18. The SMILES string of the molecule is CCOC(=O)c1sc(-c2ccccc2)cc1NC(=O)C[NH+]1CC=C(c2ccccc2)CC1. The first kappa shape index (κ1) is 22.0. The number of amides is 1. The number of carbonyl (C=O) groups is 2. The lowest BCUT2D eigenvalue weighted by Crippen LogP contribution is -3.13. The number of hydrogen-bond acceptors (Lipinski definition) is 4. The van der Waals surface area contributed by atoms with Crippen LogP contribution in [-0.2, 0) is 9.53 Å². The molecule has 1 atom stereocenters. The molecular weight excluding hydrogens is 420 g/mol. The molecule has 2 heterocycles. The standard InChI is InChI=1S/C26H26N2O3S/c1-2-31-26(30)25-22(17-23(32-25)21-11-7-4-8-12-21)27-24(29)18-28-15-13-20(14-16-28)19-9-5-3-6-10-19/h3-13,17H,2,14-16,18H2,1H3,(H,27,29)/p+1. The van der Waals surface area contributed by atoms with Gasteiger partial charge < -0.3 is 15.0 Å². The molecule has 32 heavy (non-hydrogen) atoms. The van der Waals surface area contributed by atoms with Crippen molar-refractivity contribution in [3.8, 4) is 10.4 Å². The van der Waals surface area contributed by atoms with Gasteiger partial charge in [-0.05, 0) is 35.8 Å². The van der Waals surface area contributed by atoms with Gasteiger partial charge in [-0.2, -0.15) is 0 Å². The zero-order valence-electron chi connectivity index (χ0n) is 18.1. The van der Waals surface area contributed by atoms with Crippen LogP contribution < -0.4 is 10.2 Å². The van der Waals surface area contributed by atoms with Crippen LogP contribution in [0.15, 0.2) is 72.8 Å². The van der Waals surface area contributed by atoms with Gasteiger partial charge in [-0.3, -0.25) is 4.79 Å². The summed E-state index contributed by atoms with van der Waals surface area (Å²) in [5.74, 6) is -0.504. The van der Waals surface area contributed by atoms with E-state index in [1.165, 1.54) is 27.4 Å². The summed E-state index contributed by atoms with van der Waals surface area (Å²) in [6, 6.07) is 22.1. The highest BCUT2D eigenvalue weighted by Crippen LogP contribution is 2.35. The van der Waals surface area contributed by atoms with E-state index in [2.05, 4.69) is 35.7 Å². The average Bonchev–Trinajstić information content (AvgIpc) is 3.24. The number of ether oxygens (including phenoxy) is 1. The van der Waals surface area contributed by atoms with Gasteiger partial charge in [0.2, 0.25) is 0 Å². The predicted octanol–water partition coefficient (Wildman–Crippen LogP) is 3.90. The molecule has 0 fully saturated rings. The Labute approximate surface area is 192 Å². The summed E-state index contributed by atoms with van der Waals surface area (Å²) in [4.78, 5) is 27.8. The average molecular weight is 448 g/mol. The number of esters is 1. The summed E-state index contributed by atoms with van der Waals surface area (Å²) in [6.45, 7) is 4.13. The third-order valence-electron chi connectivity index (χ3n) is 5.47. The van der Waals surface area contributed by atoms with Gasteiger partial charge in [0.05, 0.1) is 25.4 Å². The van der Waals surface area contributed by atoms with Crippen LogP contribution in [0.5, 0.6) is 0 Å². The fourth-order valence-corrected chi connectivity index (χ4v) is 4.87. The van der Waals surface area contributed by atoms with Crippen molar-refractivity contribution in [1.82, 2.24) is 0 Å². The number of thiophene rings is 1. The van der Waals surface area contributed by atoms with Crippen LogP contribution in [-0.4, -0.2) is 38.1 Å². The molecule has 164 valence electrons. The number of anilines is 1. The summed E-state index contributed by atoms with van der Waals surface area (Å²) in [5.41, 5.74) is 4.12. The molecule has 6 heteroatoms. The van der Waals surface area contributed by atoms with E-state index < -0.39 is 5.97 Å². The lowest BCUT2D eigenvalue weighted by atomic mass is 10.00. The maximum Gasteiger partial charge on any atom is 0.350 e. The number of nitrogens with one attached hydrogen (secondary N) is 2. The minimum Gasteiger partial charge on any atom is -0.462 e. The van der Waals surface area contributed by atoms with E-state index in [1.807, 2.05) is 42.5 Å². The van der Waals surface area contributed by atoms with Gasteiger partial charge in [-0.25, -0.2) is 4.79 Å². The molecule has 0 spiro atoms. The second-order valence-corrected chi connectivity index (χ2v) is 8.77. The number of hydrogen-bond donors (Lipinski definition) is 2. The minimum atomic E-state index is -0.407. The highest BCUT2D eigenvalue weighted by Gasteiger charge is 2.23. The van der Waals surface area contributed by atoms with Crippen LogP contribution >= 0.6 is 11.3 Å². The third-order valence-corrected chi connectivity index (χ3v) is 6.63. The lowest BCUT2D eigenvalue weighted by Gasteiger charge is -2.23. The lowest BCUT2D eigenvalue weighted by molar-refractivity contribution is -0.886. The minimum absolute atomic E-state index is 0.0977. The van der Waals surface area contributed by atoms with Crippen molar-refractivity contribution >= 4 is 34.5 Å². The van der Waals surface area contributed by atoms with E-state index in [0.29, 0.717) is 23.7 Å². The maximum absolute atomic E-state index is 12.8. The van der Waals surface area contributed by atoms with Gasteiger partial charge in [0.15, 0.2) is 6.54 Å². The van der Waals surface area contributed by atoms with E-state index in [-0.39, 0.29) is 5.91 Å². The molecule has 4 rings (SSSR count). The Bertz CT molecular complexity index is 1110.